The topological polar surface area (TPSA) is 86.7 Å². The molecule has 0 bridgehead atoms. The Labute approximate surface area is 223 Å². The van der Waals surface area contributed by atoms with Gasteiger partial charge in [0.15, 0.2) is 0 Å². The fraction of sp³-hybridized carbons (Fsp3) is 0.478. The Kier molecular flexibility index (Phi) is 13.5. The molecule has 30 heavy (non-hydrogen) atoms. The molecular weight excluding hydrogens is 427 g/mol. The minimum atomic E-state index is -4.48. The van der Waals surface area contributed by atoms with Crippen LogP contribution in [0.2, 0.25) is 0 Å². The van der Waals surface area contributed by atoms with Gasteiger partial charge in [-0.1, -0.05) is 76.5 Å². The molecule has 0 fully saturated rings. The monoisotopic (exact) mass is 458 g/mol. The number of rotatable bonds is 13. The van der Waals surface area contributed by atoms with Gasteiger partial charge in [-0.25, -0.2) is 0 Å². The maximum Gasteiger partial charge on any atom is 1.00 e. The minimum absolute atomic E-state index is 0. The van der Waals surface area contributed by atoms with Gasteiger partial charge in [-0.05, 0) is 42.7 Å². The van der Waals surface area contributed by atoms with E-state index in [2.05, 4.69) is 6.92 Å². The summed E-state index contributed by atoms with van der Waals surface area (Å²) in [6.45, 7) is 2.23. The normalized spacial score (nSPS) is 11.1. The van der Waals surface area contributed by atoms with Crippen molar-refractivity contribution >= 4 is 10.1 Å². The van der Waals surface area contributed by atoms with Crippen LogP contribution in [0.5, 0.6) is 17.2 Å². The SMILES string of the molecule is CCCCCCCCCCCc1cccc(Oc2cc([O-])ccc2S(=O)(=O)O)c1.[K+]. The Morgan fingerprint density at radius 2 is 1.53 bits per heavy atom. The van der Waals surface area contributed by atoms with Crippen LogP contribution in [0.1, 0.15) is 70.3 Å². The van der Waals surface area contributed by atoms with Crippen molar-refractivity contribution in [2.24, 2.45) is 0 Å². The van der Waals surface area contributed by atoms with Crippen molar-refractivity contribution in [1.29, 1.82) is 0 Å². The van der Waals surface area contributed by atoms with Crippen molar-refractivity contribution in [2.75, 3.05) is 0 Å². The standard InChI is InChI=1S/C23H32O5S.K/c1-2-3-4-5-6-7-8-9-10-12-19-13-11-14-21(17-19)28-22-18-20(24)15-16-23(22)29(25,26)27;/h11,13-18,24H,2-10,12H2,1H3,(H,25,26,27);/q;+1/p-1. The maximum atomic E-state index is 11.6. The third-order valence-corrected chi connectivity index (χ3v) is 5.78. The zero-order chi connectivity index (χ0) is 21.1. The van der Waals surface area contributed by atoms with Gasteiger partial charge in [0, 0.05) is 0 Å². The van der Waals surface area contributed by atoms with Crippen molar-refractivity contribution in [3.05, 3.63) is 48.0 Å². The van der Waals surface area contributed by atoms with Crippen molar-refractivity contribution in [3.8, 4) is 17.2 Å². The van der Waals surface area contributed by atoms with Crippen LogP contribution >= 0.6 is 0 Å². The van der Waals surface area contributed by atoms with Gasteiger partial charge in [0.1, 0.15) is 16.4 Å². The molecule has 0 spiro atoms. The summed E-state index contributed by atoms with van der Waals surface area (Å²) in [6, 6.07) is 10.6. The summed E-state index contributed by atoms with van der Waals surface area (Å²) in [5.74, 6) is -0.118. The smallest absolute Gasteiger partial charge is 0.872 e. The molecule has 5 nitrogen and oxygen atoms in total. The third-order valence-electron chi connectivity index (χ3n) is 4.89. The van der Waals surface area contributed by atoms with E-state index >= 15 is 0 Å². The summed E-state index contributed by atoms with van der Waals surface area (Å²) >= 11 is 0. The van der Waals surface area contributed by atoms with Crippen molar-refractivity contribution in [1.82, 2.24) is 0 Å². The molecule has 0 heterocycles. The Balaban J connectivity index is 0.00000450. The summed E-state index contributed by atoms with van der Waals surface area (Å²) in [4.78, 5) is -0.415. The zero-order valence-electron chi connectivity index (χ0n) is 18.1. The predicted molar refractivity (Wildman–Crippen MR) is 113 cm³/mol. The molecule has 0 saturated carbocycles. The van der Waals surface area contributed by atoms with E-state index < -0.39 is 20.8 Å². The second-order valence-corrected chi connectivity index (χ2v) is 8.80. The average molecular weight is 459 g/mol. The van der Waals surface area contributed by atoms with Gasteiger partial charge < -0.3 is 9.84 Å². The Morgan fingerprint density at radius 1 is 0.900 bits per heavy atom. The fourth-order valence-electron chi connectivity index (χ4n) is 3.31. The van der Waals surface area contributed by atoms with Crippen LogP contribution in [0.15, 0.2) is 47.4 Å². The molecule has 7 heteroatoms. The minimum Gasteiger partial charge on any atom is -0.872 e. The number of ether oxygens (including phenoxy) is 1. The predicted octanol–water partition coefficient (Wildman–Crippen LogP) is 2.88. The number of hydrogen-bond acceptors (Lipinski definition) is 4. The second kappa shape index (κ2) is 14.6. The van der Waals surface area contributed by atoms with E-state index in [4.69, 9.17) is 4.74 Å². The molecule has 0 radical (unpaired) electrons. The first-order valence-electron chi connectivity index (χ1n) is 10.5. The largest absolute Gasteiger partial charge is 1.00 e. The van der Waals surface area contributed by atoms with Crippen LogP contribution in [-0.4, -0.2) is 13.0 Å². The van der Waals surface area contributed by atoms with E-state index in [1.807, 2.05) is 18.2 Å². The summed E-state index contributed by atoms with van der Waals surface area (Å²) in [5.41, 5.74) is 1.09. The molecular formula is C23H31KO5S. The molecule has 0 unspecified atom stereocenters. The molecule has 2 rings (SSSR count). The van der Waals surface area contributed by atoms with Gasteiger partial charge in [0.2, 0.25) is 0 Å². The fourth-order valence-corrected chi connectivity index (χ4v) is 3.91. The van der Waals surface area contributed by atoms with E-state index in [1.54, 1.807) is 6.07 Å². The van der Waals surface area contributed by atoms with E-state index in [0.717, 1.165) is 36.6 Å². The van der Waals surface area contributed by atoms with Crippen molar-refractivity contribution < 1.29 is 74.2 Å². The van der Waals surface area contributed by atoms with Gasteiger partial charge in [0.05, 0.1) is 0 Å². The zero-order valence-corrected chi connectivity index (χ0v) is 22.0. The molecule has 0 aromatic heterocycles. The Bertz CT molecular complexity index is 868. The molecule has 0 aliphatic heterocycles. The van der Waals surface area contributed by atoms with Crippen LogP contribution in [0.4, 0.5) is 0 Å². The first-order valence-corrected chi connectivity index (χ1v) is 11.9. The van der Waals surface area contributed by atoms with Gasteiger partial charge in [-0.3, -0.25) is 4.55 Å². The van der Waals surface area contributed by atoms with Gasteiger partial charge in [-0.2, -0.15) is 8.42 Å². The van der Waals surface area contributed by atoms with Crippen LogP contribution in [0, 0.1) is 0 Å². The second-order valence-electron chi connectivity index (χ2n) is 7.41. The first-order chi connectivity index (χ1) is 13.9. The quantitative estimate of drug-likeness (QED) is 0.283. The molecule has 160 valence electrons. The van der Waals surface area contributed by atoms with E-state index in [-0.39, 0.29) is 57.1 Å². The van der Waals surface area contributed by atoms with Crippen LogP contribution in [0.3, 0.4) is 0 Å². The summed E-state index contributed by atoms with van der Waals surface area (Å²) in [6.07, 6.45) is 12.3. The third kappa shape index (κ3) is 10.3. The molecule has 0 aliphatic rings. The molecule has 0 saturated heterocycles. The van der Waals surface area contributed by atoms with Gasteiger partial charge in [0.25, 0.3) is 10.1 Å². The number of unbranched alkanes of at least 4 members (excludes halogenated alkanes) is 8. The van der Waals surface area contributed by atoms with E-state index in [1.165, 1.54) is 51.4 Å². The molecule has 0 atom stereocenters. The first kappa shape index (κ1) is 27.6. The molecule has 2 aromatic carbocycles. The molecule has 2 aromatic rings. The maximum absolute atomic E-state index is 11.6. The molecule has 0 aliphatic carbocycles. The average Bonchev–Trinajstić information content (AvgIpc) is 2.66. The molecule has 0 amide bonds. The van der Waals surface area contributed by atoms with Crippen molar-refractivity contribution in [2.45, 2.75) is 76.0 Å². The van der Waals surface area contributed by atoms with Gasteiger partial charge in [-0.15, -0.1) is 5.75 Å². The summed E-state index contributed by atoms with van der Waals surface area (Å²) in [5, 5.41) is 11.6. The van der Waals surface area contributed by atoms with Crippen LogP contribution < -0.4 is 61.2 Å². The van der Waals surface area contributed by atoms with Crippen molar-refractivity contribution in [3.63, 3.8) is 0 Å². The summed E-state index contributed by atoms with van der Waals surface area (Å²) in [7, 11) is -4.48. The van der Waals surface area contributed by atoms with Crippen LogP contribution in [-0.2, 0) is 16.5 Å². The van der Waals surface area contributed by atoms with Gasteiger partial charge >= 0.3 is 51.4 Å². The summed E-state index contributed by atoms with van der Waals surface area (Å²) < 4.78 is 37.9. The van der Waals surface area contributed by atoms with E-state index in [0.29, 0.717) is 5.75 Å². The number of benzene rings is 2. The Hall–Kier alpha value is -0.414. The van der Waals surface area contributed by atoms with Crippen LogP contribution in [0.25, 0.3) is 0 Å². The van der Waals surface area contributed by atoms with E-state index in [9.17, 15) is 18.1 Å². The number of hydrogen-bond donors (Lipinski definition) is 1. The number of aryl methyl sites for hydroxylation is 1. The Morgan fingerprint density at radius 3 is 2.17 bits per heavy atom. The molecule has 1 N–H and O–H groups in total.